The molecule has 4 rings (SSSR count). The number of hydrogen-bond acceptors (Lipinski definition) is 4. The van der Waals surface area contributed by atoms with Gasteiger partial charge in [0.1, 0.15) is 12.4 Å². The average Bonchev–Trinajstić information content (AvgIpc) is 3.23. The van der Waals surface area contributed by atoms with Gasteiger partial charge >= 0.3 is 0 Å². The van der Waals surface area contributed by atoms with Gasteiger partial charge in [0.05, 0.1) is 22.6 Å². The van der Waals surface area contributed by atoms with Crippen molar-refractivity contribution in [3.05, 3.63) is 81.7 Å². The minimum absolute atomic E-state index is 0.0482. The van der Waals surface area contributed by atoms with Crippen LogP contribution in [0.3, 0.4) is 0 Å². The summed E-state index contributed by atoms with van der Waals surface area (Å²) in [6.45, 7) is 1.99. The van der Waals surface area contributed by atoms with E-state index >= 15 is 0 Å². The molecule has 0 saturated heterocycles. The third-order valence-electron chi connectivity index (χ3n) is 4.14. The van der Waals surface area contributed by atoms with Crippen molar-refractivity contribution >= 4 is 34.1 Å². The van der Waals surface area contributed by atoms with Gasteiger partial charge in [-0.2, -0.15) is 0 Å². The predicted octanol–water partition coefficient (Wildman–Crippen LogP) is 5.71. The van der Waals surface area contributed by atoms with Crippen LogP contribution in [0.5, 0.6) is 0 Å². The van der Waals surface area contributed by atoms with Crippen molar-refractivity contribution in [2.75, 3.05) is 0 Å². The molecule has 0 N–H and O–H groups in total. The van der Waals surface area contributed by atoms with Crippen molar-refractivity contribution in [1.82, 2.24) is 9.38 Å². The van der Waals surface area contributed by atoms with E-state index in [0.29, 0.717) is 5.02 Å². The lowest BCUT2D eigenvalue weighted by Gasteiger charge is -2.04. The van der Waals surface area contributed by atoms with Crippen LogP contribution in [0.2, 0.25) is 5.02 Å². The highest BCUT2D eigenvalue weighted by Crippen LogP contribution is 2.26. The molecule has 0 aliphatic carbocycles. The lowest BCUT2D eigenvalue weighted by atomic mass is 10.1. The summed E-state index contributed by atoms with van der Waals surface area (Å²) in [7, 11) is 0. The van der Waals surface area contributed by atoms with Crippen molar-refractivity contribution in [1.29, 1.82) is 0 Å². The zero-order chi connectivity index (χ0) is 18.8. The fourth-order valence-electron chi connectivity index (χ4n) is 2.71. The molecule has 0 saturated carbocycles. The quantitative estimate of drug-likeness (QED) is 0.318. The van der Waals surface area contributed by atoms with E-state index in [1.54, 1.807) is 29.7 Å². The topological polar surface area (TPSA) is 38.9 Å². The number of hydrogen-bond donors (Lipinski definition) is 0. The molecule has 0 bridgehead atoms. The Hall–Kier alpha value is -2.70. The number of nitrogens with zero attached hydrogens (tertiary/aromatic N) is 3. The Morgan fingerprint density at radius 3 is 2.85 bits per heavy atom. The Balaban J connectivity index is 1.61. The molecular formula is C20H15ClFN3OS. The second kappa shape index (κ2) is 7.50. The van der Waals surface area contributed by atoms with E-state index < -0.39 is 5.82 Å². The van der Waals surface area contributed by atoms with Gasteiger partial charge in [-0.1, -0.05) is 52.7 Å². The van der Waals surface area contributed by atoms with Gasteiger partial charge in [0.25, 0.3) is 0 Å². The van der Waals surface area contributed by atoms with Gasteiger partial charge in [-0.25, -0.2) is 9.37 Å². The number of thiazole rings is 1. The summed E-state index contributed by atoms with van der Waals surface area (Å²) in [5.74, 6) is -0.414. The van der Waals surface area contributed by atoms with Gasteiger partial charge in [-0.15, -0.1) is 11.3 Å². The SMILES string of the molecule is Cc1ccc(-c2nc3sccn3c2/C=N/OCc2c(F)cccc2Cl)cc1. The summed E-state index contributed by atoms with van der Waals surface area (Å²) in [5.41, 5.74) is 4.08. The molecule has 2 aromatic heterocycles. The summed E-state index contributed by atoms with van der Waals surface area (Å²) in [6.07, 6.45) is 3.52. The smallest absolute Gasteiger partial charge is 0.194 e. The van der Waals surface area contributed by atoms with Gasteiger partial charge < -0.3 is 4.84 Å². The molecule has 0 radical (unpaired) electrons. The Morgan fingerprint density at radius 2 is 2.07 bits per heavy atom. The Kier molecular flexibility index (Phi) is 4.92. The predicted molar refractivity (Wildman–Crippen MR) is 107 cm³/mol. The van der Waals surface area contributed by atoms with Crippen molar-refractivity contribution in [3.63, 3.8) is 0 Å². The van der Waals surface area contributed by atoms with Crippen LogP contribution < -0.4 is 0 Å². The fourth-order valence-corrected chi connectivity index (χ4v) is 3.65. The number of halogens is 2. The summed E-state index contributed by atoms with van der Waals surface area (Å²) < 4.78 is 15.8. The number of imidazole rings is 1. The van der Waals surface area contributed by atoms with E-state index in [9.17, 15) is 4.39 Å². The number of fused-ring (bicyclic) bond motifs is 1. The van der Waals surface area contributed by atoms with Crippen LogP contribution in [0.25, 0.3) is 16.2 Å². The number of rotatable bonds is 5. The van der Waals surface area contributed by atoms with Crippen molar-refractivity contribution in [2.24, 2.45) is 5.16 Å². The minimum Gasteiger partial charge on any atom is -0.391 e. The van der Waals surface area contributed by atoms with Crippen LogP contribution >= 0.6 is 22.9 Å². The van der Waals surface area contributed by atoms with Crippen molar-refractivity contribution in [3.8, 4) is 11.3 Å². The van der Waals surface area contributed by atoms with E-state index in [2.05, 4.69) is 5.16 Å². The molecule has 2 heterocycles. The summed E-state index contributed by atoms with van der Waals surface area (Å²) >= 11 is 7.55. The number of aromatic nitrogens is 2. The average molecular weight is 400 g/mol. The highest BCUT2D eigenvalue weighted by atomic mass is 35.5. The first-order valence-corrected chi connectivity index (χ1v) is 9.50. The van der Waals surface area contributed by atoms with Gasteiger partial charge in [0.2, 0.25) is 0 Å². The first-order chi connectivity index (χ1) is 13.1. The fraction of sp³-hybridized carbons (Fsp3) is 0.100. The third-order valence-corrected chi connectivity index (χ3v) is 5.25. The summed E-state index contributed by atoms with van der Waals surface area (Å²) in [4.78, 5) is 10.9. The monoisotopic (exact) mass is 399 g/mol. The maximum Gasteiger partial charge on any atom is 0.194 e. The van der Waals surface area contributed by atoms with E-state index in [1.165, 1.54) is 11.6 Å². The molecule has 0 amide bonds. The van der Waals surface area contributed by atoms with Crippen LogP contribution in [-0.4, -0.2) is 15.6 Å². The van der Waals surface area contributed by atoms with E-state index in [-0.39, 0.29) is 12.2 Å². The van der Waals surface area contributed by atoms with E-state index in [0.717, 1.165) is 21.9 Å². The zero-order valence-electron chi connectivity index (χ0n) is 14.4. The first kappa shape index (κ1) is 17.7. The molecule has 0 unspecified atom stereocenters. The number of aryl methyl sites for hydroxylation is 1. The second-order valence-electron chi connectivity index (χ2n) is 5.98. The molecule has 2 aromatic carbocycles. The van der Waals surface area contributed by atoms with Crippen LogP contribution in [-0.2, 0) is 11.4 Å². The molecule has 0 fully saturated rings. The summed E-state index contributed by atoms with van der Waals surface area (Å²) in [5, 5.41) is 6.29. The van der Waals surface area contributed by atoms with Gasteiger partial charge in [-0.05, 0) is 19.1 Å². The van der Waals surface area contributed by atoms with Crippen LogP contribution in [0.1, 0.15) is 16.8 Å². The summed E-state index contributed by atoms with van der Waals surface area (Å²) in [6, 6.07) is 12.7. The second-order valence-corrected chi connectivity index (χ2v) is 7.26. The lowest BCUT2D eigenvalue weighted by molar-refractivity contribution is 0.129. The number of oxime groups is 1. The molecular weight excluding hydrogens is 385 g/mol. The molecule has 136 valence electrons. The molecule has 4 nitrogen and oxygen atoms in total. The third kappa shape index (κ3) is 3.59. The highest BCUT2D eigenvalue weighted by Gasteiger charge is 2.14. The normalized spacial score (nSPS) is 11.5. The van der Waals surface area contributed by atoms with E-state index in [1.807, 2.05) is 47.2 Å². The maximum atomic E-state index is 13.8. The molecule has 27 heavy (non-hydrogen) atoms. The van der Waals surface area contributed by atoms with Crippen LogP contribution in [0.4, 0.5) is 4.39 Å². The van der Waals surface area contributed by atoms with Crippen LogP contribution in [0.15, 0.2) is 59.2 Å². The Bertz CT molecular complexity index is 1100. The molecule has 0 atom stereocenters. The standard InChI is InChI=1S/C20H15ClFN3OS/c1-13-5-7-14(8-6-13)19-18(25-9-10-27-20(25)24-19)11-23-26-12-15-16(21)3-2-4-17(15)22/h2-11H,12H2,1H3/b23-11+. The van der Waals surface area contributed by atoms with Gasteiger partial charge in [0, 0.05) is 22.7 Å². The van der Waals surface area contributed by atoms with Gasteiger partial charge in [0.15, 0.2) is 4.96 Å². The van der Waals surface area contributed by atoms with E-state index in [4.69, 9.17) is 21.4 Å². The largest absolute Gasteiger partial charge is 0.391 e. The first-order valence-electron chi connectivity index (χ1n) is 8.24. The maximum absolute atomic E-state index is 13.8. The number of benzene rings is 2. The lowest BCUT2D eigenvalue weighted by Crippen LogP contribution is -1.96. The molecule has 7 heteroatoms. The van der Waals surface area contributed by atoms with Gasteiger partial charge in [-0.3, -0.25) is 4.40 Å². The molecule has 0 spiro atoms. The Labute approximate surface area is 164 Å². The molecule has 0 aliphatic rings. The zero-order valence-corrected chi connectivity index (χ0v) is 16.0. The van der Waals surface area contributed by atoms with Crippen molar-refractivity contribution < 1.29 is 9.23 Å². The minimum atomic E-state index is -0.414. The molecule has 4 aromatic rings. The highest BCUT2D eigenvalue weighted by molar-refractivity contribution is 7.15. The van der Waals surface area contributed by atoms with Crippen molar-refractivity contribution in [2.45, 2.75) is 13.5 Å². The molecule has 0 aliphatic heterocycles. The van der Waals surface area contributed by atoms with Crippen LogP contribution in [0, 0.1) is 12.7 Å². The Morgan fingerprint density at radius 1 is 1.26 bits per heavy atom.